The van der Waals surface area contributed by atoms with Crippen molar-refractivity contribution in [1.29, 1.82) is 0 Å². The summed E-state index contributed by atoms with van der Waals surface area (Å²) >= 11 is 1.77. The number of benzene rings is 2. The summed E-state index contributed by atoms with van der Waals surface area (Å²) in [6.45, 7) is 1.93. The van der Waals surface area contributed by atoms with E-state index in [1.165, 1.54) is 4.88 Å². The Morgan fingerprint density at radius 3 is 2.52 bits per heavy atom. The average molecular weight is 423 g/mol. The predicted molar refractivity (Wildman–Crippen MR) is 120 cm³/mol. The van der Waals surface area contributed by atoms with Gasteiger partial charge >= 0.3 is 0 Å². The zero-order valence-corrected chi connectivity index (χ0v) is 17.8. The second kappa shape index (κ2) is 8.35. The monoisotopic (exact) mass is 422 g/mol. The molecule has 29 heavy (non-hydrogen) atoms. The topological polar surface area (TPSA) is 59.1 Å². The van der Waals surface area contributed by atoms with Crippen molar-refractivity contribution in [3.05, 3.63) is 88.2 Å². The number of fused-ring (bicyclic) bond motifs is 1. The van der Waals surface area contributed by atoms with Gasteiger partial charge in [-0.05, 0) is 61.9 Å². The molecule has 4 aromatic rings. The molecule has 0 radical (unpaired) electrons. The molecule has 0 amide bonds. The van der Waals surface area contributed by atoms with E-state index in [9.17, 15) is 8.42 Å². The third kappa shape index (κ3) is 4.66. The Bertz CT molecular complexity index is 1220. The van der Waals surface area contributed by atoms with Crippen molar-refractivity contribution in [2.45, 2.75) is 31.1 Å². The van der Waals surface area contributed by atoms with Gasteiger partial charge in [0.2, 0.25) is 0 Å². The molecule has 4 rings (SSSR count). The van der Waals surface area contributed by atoms with Gasteiger partial charge in [-0.25, -0.2) is 8.42 Å². The quantitative estimate of drug-likeness (QED) is 0.423. The lowest BCUT2D eigenvalue weighted by atomic mass is 10.1. The van der Waals surface area contributed by atoms with E-state index in [2.05, 4.69) is 22.2 Å². The van der Waals surface area contributed by atoms with Gasteiger partial charge in [-0.15, -0.1) is 11.3 Å². The SMILES string of the molecule is Cc1ccc(S(=O)(=O)Nc2cccc3ccc(CCCc4cccs4)nc23)cc1. The molecule has 0 spiro atoms. The molecule has 2 aromatic heterocycles. The standard InChI is InChI=1S/C23H22N2O2S2/c1-17-10-14-21(15-11-17)29(26,27)25-22-9-2-5-18-12-13-19(24-23(18)22)6-3-7-20-8-4-16-28-20/h2,4-5,8-16,25H,3,6-7H2,1H3. The number of rotatable bonds is 7. The molecule has 6 heteroatoms. The summed E-state index contributed by atoms with van der Waals surface area (Å²) in [7, 11) is -3.67. The summed E-state index contributed by atoms with van der Waals surface area (Å²) in [5, 5.41) is 3.01. The summed E-state index contributed by atoms with van der Waals surface area (Å²) in [6.07, 6.45) is 2.89. The summed E-state index contributed by atoms with van der Waals surface area (Å²) in [4.78, 5) is 6.38. The molecular formula is C23H22N2O2S2. The van der Waals surface area contributed by atoms with Gasteiger partial charge in [0, 0.05) is 16.0 Å². The number of nitrogens with zero attached hydrogens (tertiary/aromatic N) is 1. The molecule has 0 saturated carbocycles. The van der Waals surface area contributed by atoms with Crippen LogP contribution >= 0.6 is 11.3 Å². The second-order valence-corrected chi connectivity index (χ2v) is 9.75. The van der Waals surface area contributed by atoms with Crippen molar-refractivity contribution >= 4 is 38.0 Å². The van der Waals surface area contributed by atoms with E-state index in [0.29, 0.717) is 11.2 Å². The molecule has 0 bridgehead atoms. The Morgan fingerprint density at radius 2 is 1.76 bits per heavy atom. The Kier molecular flexibility index (Phi) is 5.65. The fourth-order valence-electron chi connectivity index (χ4n) is 3.23. The molecule has 2 heterocycles. The van der Waals surface area contributed by atoms with E-state index in [0.717, 1.165) is 35.9 Å². The fraction of sp³-hybridized carbons (Fsp3) is 0.174. The van der Waals surface area contributed by atoms with Gasteiger partial charge in [0.05, 0.1) is 16.1 Å². The highest BCUT2D eigenvalue weighted by atomic mass is 32.2. The van der Waals surface area contributed by atoms with Crippen LogP contribution in [0.2, 0.25) is 0 Å². The third-order valence-corrected chi connectivity index (χ3v) is 7.11. The third-order valence-electron chi connectivity index (χ3n) is 4.79. The van der Waals surface area contributed by atoms with E-state index >= 15 is 0 Å². The van der Waals surface area contributed by atoms with Crippen LogP contribution in [0.3, 0.4) is 0 Å². The molecular weight excluding hydrogens is 400 g/mol. The van der Waals surface area contributed by atoms with Crippen LogP contribution < -0.4 is 4.72 Å². The Balaban J connectivity index is 1.57. The van der Waals surface area contributed by atoms with Gasteiger partial charge in [-0.3, -0.25) is 9.71 Å². The first-order valence-electron chi connectivity index (χ1n) is 9.52. The highest BCUT2D eigenvalue weighted by Gasteiger charge is 2.16. The lowest BCUT2D eigenvalue weighted by Crippen LogP contribution is -2.13. The maximum atomic E-state index is 12.8. The van der Waals surface area contributed by atoms with E-state index in [4.69, 9.17) is 4.98 Å². The summed E-state index contributed by atoms with van der Waals surface area (Å²) in [6, 6.07) is 20.6. The average Bonchev–Trinajstić information content (AvgIpc) is 3.22. The van der Waals surface area contributed by atoms with Crippen molar-refractivity contribution in [2.75, 3.05) is 4.72 Å². The van der Waals surface area contributed by atoms with Crippen molar-refractivity contribution in [3.63, 3.8) is 0 Å². The minimum atomic E-state index is -3.67. The summed E-state index contributed by atoms with van der Waals surface area (Å²) in [5.41, 5.74) is 3.17. The Morgan fingerprint density at radius 1 is 0.931 bits per heavy atom. The minimum absolute atomic E-state index is 0.243. The Labute approximate surface area is 175 Å². The first-order chi connectivity index (χ1) is 14.0. The smallest absolute Gasteiger partial charge is 0.261 e. The molecule has 0 fully saturated rings. The van der Waals surface area contributed by atoms with E-state index in [1.807, 2.05) is 31.2 Å². The summed E-state index contributed by atoms with van der Waals surface area (Å²) in [5.74, 6) is 0. The molecule has 0 aliphatic heterocycles. The highest BCUT2D eigenvalue weighted by molar-refractivity contribution is 7.92. The van der Waals surface area contributed by atoms with Crippen LogP contribution in [0.4, 0.5) is 5.69 Å². The second-order valence-electron chi connectivity index (χ2n) is 7.03. The van der Waals surface area contributed by atoms with Crippen LogP contribution in [0.5, 0.6) is 0 Å². The van der Waals surface area contributed by atoms with Crippen molar-refractivity contribution < 1.29 is 8.42 Å². The normalized spacial score (nSPS) is 11.6. The van der Waals surface area contributed by atoms with Crippen LogP contribution in [-0.2, 0) is 22.9 Å². The van der Waals surface area contributed by atoms with Crippen LogP contribution in [-0.4, -0.2) is 13.4 Å². The largest absolute Gasteiger partial charge is 0.277 e. The van der Waals surface area contributed by atoms with Crippen LogP contribution in [0.25, 0.3) is 10.9 Å². The maximum absolute atomic E-state index is 12.8. The number of aromatic nitrogens is 1. The lowest BCUT2D eigenvalue weighted by molar-refractivity contribution is 0.601. The highest BCUT2D eigenvalue weighted by Crippen LogP contribution is 2.25. The zero-order valence-electron chi connectivity index (χ0n) is 16.1. The number of aryl methyl sites for hydroxylation is 3. The van der Waals surface area contributed by atoms with E-state index < -0.39 is 10.0 Å². The molecule has 1 N–H and O–H groups in total. The van der Waals surface area contributed by atoms with Crippen molar-refractivity contribution in [1.82, 2.24) is 4.98 Å². The lowest BCUT2D eigenvalue weighted by Gasteiger charge is -2.11. The number of nitrogens with one attached hydrogen (secondary N) is 1. The van der Waals surface area contributed by atoms with Gasteiger partial charge in [0.15, 0.2) is 0 Å². The molecule has 2 aromatic carbocycles. The van der Waals surface area contributed by atoms with Crippen molar-refractivity contribution in [3.8, 4) is 0 Å². The van der Waals surface area contributed by atoms with E-state index in [1.54, 1.807) is 41.7 Å². The number of anilines is 1. The van der Waals surface area contributed by atoms with Gasteiger partial charge in [0.1, 0.15) is 0 Å². The van der Waals surface area contributed by atoms with E-state index in [-0.39, 0.29) is 4.90 Å². The molecule has 0 saturated heterocycles. The van der Waals surface area contributed by atoms with Crippen LogP contribution in [0.15, 0.2) is 77.0 Å². The molecule has 0 aliphatic rings. The van der Waals surface area contributed by atoms with Crippen LogP contribution in [0.1, 0.15) is 22.6 Å². The first-order valence-corrected chi connectivity index (χ1v) is 11.9. The number of pyridine rings is 1. The molecule has 0 aliphatic carbocycles. The van der Waals surface area contributed by atoms with Crippen LogP contribution in [0, 0.1) is 6.92 Å². The fourth-order valence-corrected chi connectivity index (χ4v) is 5.05. The summed E-state index contributed by atoms with van der Waals surface area (Å²) < 4.78 is 28.3. The van der Waals surface area contributed by atoms with Gasteiger partial charge < -0.3 is 0 Å². The zero-order chi connectivity index (χ0) is 20.3. The van der Waals surface area contributed by atoms with Gasteiger partial charge in [0.25, 0.3) is 10.0 Å². The molecule has 0 unspecified atom stereocenters. The number of para-hydroxylation sites is 1. The predicted octanol–water partition coefficient (Wildman–Crippen LogP) is 5.58. The number of hydrogen-bond donors (Lipinski definition) is 1. The van der Waals surface area contributed by atoms with Crippen molar-refractivity contribution in [2.24, 2.45) is 0 Å². The maximum Gasteiger partial charge on any atom is 0.261 e. The number of sulfonamides is 1. The first kappa shape index (κ1) is 19.6. The number of hydrogen-bond acceptors (Lipinski definition) is 4. The van der Waals surface area contributed by atoms with Gasteiger partial charge in [-0.1, -0.05) is 42.0 Å². The Hall–Kier alpha value is -2.70. The molecule has 0 atom stereocenters. The number of thiophene rings is 1. The molecule has 148 valence electrons. The molecule has 4 nitrogen and oxygen atoms in total. The van der Waals surface area contributed by atoms with Gasteiger partial charge in [-0.2, -0.15) is 0 Å². The minimum Gasteiger partial charge on any atom is -0.277 e.